The first kappa shape index (κ1) is 30.7. The molecule has 0 radical (unpaired) electrons. The number of nitro benzene ring substituents is 1. The zero-order valence-electron chi connectivity index (χ0n) is 22.0. The minimum atomic E-state index is -4.19. The van der Waals surface area contributed by atoms with Gasteiger partial charge in [-0.2, -0.15) is 5.26 Å². The van der Waals surface area contributed by atoms with Crippen LogP contribution in [-0.4, -0.2) is 35.4 Å². The molecular weight excluding hydrogens is 509 g/mol. The maximum Gasteiger partial charge on any atom is 0.435 e. The second kappa shape index (κ2) is 15.7. The Morgan fingerprint density at radius 3 is 2.18 bits per heavy atom. The Balaban J connectivity index is 2.88. The molecule has 10 nitrogen and oxygen atoms in total. The SMILES string of the molecule is CCCCOP(=O)(OCCCC)N(Cc1ccccc1)C(=C(C#N)C(=O)OCC)c1cccc([N+](=O)[O-])c1. The lowest BCUT2D eigenvalue weighted by Crippen LogP contribution is -2.25. The van der Waals surface area contributed by atoms with E-state index in [0.717, 1.165) is 12.8 Å². The number of nitriles is 1. The van der Waals surface area contributed by atoms with E-state index in [1.165, 1.54) is 28.9 Å². The summed E-state index contributed by atoms with van der Waals surface area (Å²) >= 11 is 0. The molecule has 0 bridgehead atoms. The summed E-state index contributed by atoms with van der Waals surface area (Å²) in [7, 11) is -4.19. The molecule has 0 unspecified atom stereocenters. The fraction of sp³-hybridized carbons (Fsp3) is 0.407. The Bertz CT molecular complexity index is 1180. The van der Waals surface area contributed by atoms with Crippen molar-refractivity contribution in [1.82, 2.24) is 4.67 Å². The number of nitro groups is 1. The number of ether oxygens (including phenoxy) is 1. The largest absolute Gasteiger partial charge is 0.462 e. The number of esters is 1. The smallest absolute Gasteiger partial charge is 0.435 e. The van der Waals surface area contributed by atoms with Crippen molar-refractivity contribution in [3.05, 3.63) is 81.4 Å². The van der Waals surface area contributed by atoms with E-state index >= 15 is 0 Å². The molecule has 0 aliphatic heterocycles. The first-order valence-electron chi connectivity index (χ1n) is 12.6. The molecule has 2 aromatic rings. The molecule has 0 fully saturated rings. The van der Waals surface area contributed by atoms with Crippen LogP contribution < -0.4 is 0 Å². The monoisotopic (exact) mass is 543 g/mol. The van der Waals surface area contributed by atoms with Crippen LogP contribution in [0, 0.1) is 21.4 Å². The third-order valence-corrected chi connectivity index (χ3v) is 7.34. The Morgan fingerprint density at radius 1 is 1.03 bits per heavy atom. The lowest BCUT2D eigenvalue weighted by atomic mass is 10.1. The van der Waals surface area contributed by atoms with Crippen LogP contribution in [0.3, 0.4) is 0 Å². The van der Waals surface area contributed by atoms with Crippen LogP contribution in [0.2, 0.25) is 0 Å². The van der Waals surface area contributed by atoms with Crippen molar-refractivity contribution < 1.29 is 28.1 Å². The highest BCUT2D eigenvalue weighted by Crippen LogP contribution is 2.57. The van der Waals surface area contributed by atoms with Crippen LogP contribution in [0.25, 0.3) is 5.70 Å². The summed E-state index contributed by atoms with van der Waals surface area (Å²) in [6.45, 7) is 5.63. The average Bonchev–Trinajstić information content (AvgIpc) is 2.91. The lowest BCUT2D eigenvalue weighted by molar-refractivity contribution is -0.384. The number of non-ortho nitro benzene ring substituents is 1. The average molecular weight is 544 g/mol. The molecule has 204 valence electrons. The highest BCUT2D eigenvalue weighted by molar-refractivity contribution is 7.51. The fourth-order valence-corrected chi connectivity index (χ4v) is 5.33. The number of nitrogens with zero attached hydrogens (tertiary/aromatic N) is 3. The summed E-state index contributed by atoms with van der Waals surface area (Å²) in [5, 5.41) is 21.7. The topological polar surface area (TPSA) is 132 Å². The third kappa shape index (κ3) is 8.52. The second-order valence-electron chi connectivity index (χ2n) is 8.25. The van der Waals surface area contributed by atoms with Crippen molar-refractivity contribution in [3.8, 4) is 6.07 Å². The van der Waals surface area contributed by atoms with Gasteiger partial charge in [-0.25, -0.2) is 9.36 Å². The molecule has 0 aromatic heterocycles. The minimum Gasteiger partial charge on any atom is -0.462 e. The molecule has 2 aromatic carbocycles. The first-order valence-corrected chi connectivity index (χ1v) is 14.1. The van der Waals surface area contributed by atoms with Gasteiger partial charge < -0.3 is 4.74 Å². The van der Waals surface area contributed by atoms with Crippen LogP contribution in [0.1, 0.15) is 57.6 Å². The zero-order valence-corrected chi connectivity index (χ0v) is 22.9. The first-order chi connectivity index (χ1) is 18.3. The van der Waals surface area contributed by atoms with Gasteiger partial charge in [0.15, 0.2) is 5.57 Å². The van der Waals surface area contributed by atoms with Gasteiger partial charge in [-0.15, -0.1) is 0 Å². The van der Waals surface area contributed by atoms with Gasteiger partial charge in [0.25, 0.3) is 5.69 Å². The van der Waals surface area contributed by atoms with Gasteiger partial charge >= 0.3 is 13.7 Å². The number of carbonyl (C=O) groups excluding carboxylic acids is 1. The van der Waals surface area contributed by atoms with Gasteiger partial charge in [0, 0.05) is 17.7 Å². The molecule has 0 heterocycles. The zero-order chi connectivity index (χ0) is 28.0. The summed E-state index contributed by atoms with van der Waals surface area (Å²) < 4.78 is 32.7. The molecule has 0 aliphatic rings. The number of benzene rings is 2. The van der Waals surface area contributed by atoms with Gasteiger partial charge in [0.2, 0.25) is 0 Å². The third-order valence-electron chi connectivity index (χ3n) is 5.39. The number of hydrogen-bond acceptors (Lipinski definition) is 8. The van der Waals surface area contributed by atoms with Crippen molar-refractivity contribution in [2.24, 2.45) is 0 Å². The Labute approximate surface area is 223 Å². The highest BCUT2D eigenvalue weighted by Gasteiger charge is 2.39. The minimum absolute atomic E-state index is 0.0113. The molecule has 0 spiro atoms. The van der Waals surface area contributed by atoms with Crippen molar-refractivity contribution >= 4 is 25.1 Å². The van der Waals surface area contributed by atoms with E-state index in [0.29, 0.717) is 18.4 Å². The summed E-state index contributed by atoms with van der Waals surface area (Å²) in [6.07, 6.45) is 2.74. The van der Waals surface area contributed by atoms with Crippen LogP contribution in [0.4, 0.5) is 5.69 Å². The van der Waals surface area contributed by atoms with Crippen LogP contribution >= 0.6 is 7.75 Å². The van der Waals surface area contributed by atoms with E-state index in [1.807, 2.05) is 26.0 Å². The molecule has 0 amide bonds. The Morgan fingerprint density at radius 2 is 1.66 bits per heavy atom. The molecule has 0 aliphatic carbocycles. The summed E-state index contributed by atoms with van der Waals surface area (Å²) in [6, 6.07) is 16.3. The van der Waals surface area contributed by atoms with Crippen LogP contribution in [0.5, 0.6) is 0 Å². The molecule has 0 saturated carbocycles. The summed E-state index contributed by atoms with van der Waals surface area (Å²) in [4.78, 5) is 24.0. The maximum absolute atomic E-state index is 14.6. The molecule has 38 heavy (non-hydrogen) atoms. The molecule has 0 atom stereocenters. The van der Waals surface area contributed by atoms with Crippen molar-refractivity contribution in [3.63, 3.8) is 0 Å². The summed E-state index contributed by atoms with van der Waals surface area (Å²) in [5.74, 6) is -0.955. The second-order valence-corrected chi connectivity index (χ2v) is 10.2. The Hall–Kier alpha value is -3.51. The number of rotatable bonds is 16. The van der Waals surface area contributed by atoms with Crippen molar-refractivity contribution in [2.75, 3.05) is 19.8 Å². The number of hydrogen-bond donors (Lipinski definition) is 0. The maximum atomic E-state index is 14.6. The number of carbonyl (C=O) groups is 1. The number of unbranched alkanes of at least 4 members (excludes halogenated alkanes) is 2. The van der Waals surface area contributed by atoms with E-state index in [-0.39, 0.29) is 43.3 Å². The van der Waals surface area contributed by atoms with E-state index < -0.39 is 24.2 Å². The van der Waals surface area contributed by atoms with Gasteiger partial charge in [0.05, 0.1) is 37.0 Å². The van der Waals surface area contributed by atoms with Crippen molar-refractivity contribution in [1.29, 1.82) is 5.26 Å². The molecule has 0 N–H and O–H groups in total. The molecule has 0 saturated heterocycles. The van der Waals surface area contributed by atoms with E-state index in [2.05, 4.69) is 0 Å². The van der Waals surface area contributed by atoms with E-state index in [4.69, 9.17) is 13.8 Å². The quantitative estimate of drug-likeness (QED) is 0.0435. The van der Waals surface area contributed by atoms with Gasteiger partial charge in [-0.1, -0.05) is 69.2 Å². The standard InChI is InChI=1S/C27H34N3O7P/c1-4-7-17-36-38(34,37-18-8-5-2)29(21-22-13-10-9-11-14-22)26(25(20-28)27(31)35-6-3)23-15-12-16-24(19-23)30(32)33/h9-16,19H,4-8,17-18,21H2,1-3H3. The molecular formula is C27H34N3O7P. The normalized spacial score (nSPS) is 11.8. The lowest BCUT2D eigenvalue weighted by Gasteiger charge is -2.34. The van der Waals surface area contributed by atoms with Gasteiger partial charge in [0.1, 0.15) is 6.07 Å². The van der Waals surface area contributed by atoms with Crippen LogP contribution in [0.15, 0.2) is 60.2 Å². The van der Waals surface area contributed by atoms with E-state index in [1.54, 1.807) is 31.2 Å². The van der Waals surface area contributed by atoms with Crippen LogP contribution in [-0.2, 0) is 29.7 Å². The predicted octanol–water partition coefficient (Wildman–Crippen LogP) is 6.64. The predicted molar refractivity (Wildman–Crippen MR) is 144 cm³/mol. The summed E-state index contributed by atoms with van der Waals surface area (Å²) in [5.41, 5.74) is -0.0564. The van der Waals surface area contributed by atoms with Crippen molar-refractivity contribution in [2.45, 2.75) is 53.0 Å². The Kier molecular flexibility index (Phi) is 12.7. The molecule has 2 rings (SSSR count). The molecule has 11 heteroatoms. The highest BCUT2D eigenvalue weighted by atomic mass is 31.2. The fourth-order valence-electron chi connectivity index (χ4n) is 3.46. The van der Waals surface area contributed by atoms with E-state index in [9.17, 15) is 24.7 Å². The van der Waals surface area contributed by atoms with Gasteiger partial charge in [-0.3, -0.25) is 23.8 Å². The van der Waals surface area contributed by atoms with Gasteiger partial charge in [-0.05, 0) is 25.3 Å².